The second-order valence-electron chi connectivity index (χ2n) is 8.97. The van der Waals surface area contributed by atoms with Gasteiger partial charge in [0.1, 0.15) is 18.1 Å². The van der Waals surface area contributed by atoms with Gasteiger partial charge in [0, 0.05) is 13.0 Å². The van der Waals surface area contributed by atoms with Crippen LogP contribution in [-0.4, -0.2) is 115 Å². The van der Waals surface area contributed by atoms with E-state index in [0.717, 1.165) is 0 Å². The van der Waals surface area contributed by atoms with E-state index >= 15 is 0 Å². The van der Waals surface area contributed by atoms with Crippen LogP contribution in [0.2, 0.25) is 0 Å². The lowest BCUT2D eigenvalue weighted by atomic mass is 10.1. The van der Waals surface area contributed by atoms with Crippen LogP contribution in [-0.2, 0) is 33.6 Å². The zero-order valence-corrected chi connectivity index (χ0v) is 22.4. The maximum absolute atomic E-state index is 12.8. The highest BCUT2D eigenvalue weighted by Crippen LogP contribution is 1.99. The van der Waals surface area contributed by atoms with Crippen molar-refractivity contribution in [3.05, 3.63) is 0 Å². The van der Waals surface area contributed by atoms with Crippen LogP contribution in [0.5, 0.6) is 0 Å². The predicted molar refractivity (Wildman–Crippen MR) is 140 cm³/mol. The van der Waals surface area contributed by atoms with Crippen LogP contribution < -0.4 is 54.4 Å². The lowest BCUT2D eigenvalue weighted by Gasteiger charge is -2.24. The van der Waals surface area contributed by atoms with E-state index in [0.29, 0.717) is 0 Å². The molecule has 1 rings (SSSR count). The van der Waals surface area contributed by atoms with Crippen LogP contribution in [0.4, 0.5) is 0 Å². The number of rotatable bonds is 6. The van der Waals surface area contributed by atoms with Crippen molar-refractivity contribution in [2.45, 2.75) is 62.7 Å². The monoisotopic (exact) mass is 588 g/mol. The molecule has 1 saturated heterocycles. The molecule has 4 unspecified atom stereocenters. The Morgan fingerprint density at radius 1 is 0.561 bits per heavy atom. The first kappa shape index (κ1) is 35.1. The number of carbonyl (C=O) groups is 7. The molecular weight excluding hydrogens is 548 g/mol. The maximum Gasteiger partial charge on any atom is 0.270 e. The zero-order valence-electron chi connectivity index (χ0n) is 22.4. The fourth-order valence-corrected chi connectivity index (χ4v) is 3.51. The highest BCUT2D eigenvalue weighted by Gasteiger charge is 2.30. The largest absolute Gasteiger partial charge is 0.365 e. The molecule has 0 bridgehead atoms. The fraction of sp³-hybridized carbons (Fsp3) is 0.682. The molecule has 0 radical (unpaired) electrons. The van der Waals surface area contributed by atoms with E-state index in [1.54, 1.807) is 0 Å². The lowest BCUT2D eigenvalue weighted by molar-refractivity contribution is -0.140. The maximum atomic E-state index is 12.8. The average Bonchev–Trinajstić information content (AvgIpc) is 2.92. The first-order valence-corrected chi connectivity index (χ1v) is 12.9. The number of aliphatic hydroxyl groups excluding tert-OH is 2. The third kappa shape index (κ3) is 12.9. The van der Waals surface area contributed by atoms with Crippen LogP contribution in [0.25, 0.3) is 0 Å². The van der Waals surface area contributed by atoms with E-state index in [2.05, 4.69) is 26.6 Å². The van der Waals surface area contributed by atoms with Gasteiger partial charge in [-0.1, -0.05) is 0 Å². The summed E-state index contributed by atoms with van der Waals surface area (Å²) in [4.78, 5) is 87.0. The fourth-order valence-electron chi connectivity index (χ4n) is 3.51. The van der Waals surface area contributed by atoms with E-state index in [4.69, 9.17) is 17.2 Å². The van der Waals surface area contributed by atoms with E-state index in [-0.39, 0.29) is 58.3 Å². The minimum absolute atomic E-state index is 0.0206. The normalized spacial score (nSPS) is 26.9. The summed E-state index contributed by atoms with van der Waals surface area (Å²) in [6.45, 7) is -0.896. The van der Waals surface area contributed by atoms with Crippen LogP contribution >= 0.6 is 0 Å². The van der Waals surface area contributed by atoms with Gasteiger partial charge in [-0.25, -0.2) is 0 Å². The molecule has 5 atom stereocenters. The van der Waals surface area contributed by atoms with Crippen molar-refractivity contribution in [2.75, 3.05) is 32.7 Å². The number of hydrogen-bond acceptors (Lipinski definition) is 12. The molecule has 1 heterocycles. The highest BCUT2D eigenvalue weighted by atomic mass is 16.3. The molecule has 0 spiro atoms. The summed E-state index contributed by atoms with van der Waals surface area (Å²) in [7, 11) is 0. The van der Waals surface area contributed by atoms with Crippen molar-refractivity contribution >= 4 is 41.4 Å². The van der Waals surface area contributed by atoms with Gasteiger partial charge in [0.25, 0.3) is 11.8 Å². The highest BCUT2D eigenvalue weighted by molar-refractivity contribution is 5.95. The molecular formula is C22H40N10O9. The molecule has 19 nitrogen and oxygen atoms in total. The Labute approximate surface area is 235 Å². The van der Waals surface area contributed by atoms with Gasteiger partial charge in [0.05, 0.1) is 6.54 Å². The summed E-state index contributed by atoms with van der Waals surface area (Å²) >= 11 is 0. The molecule has 1 aliphatic rings. The number of amides is 7. The summed E-state index contributed by atoms with van der Waals surface area (Å²) in [6, 6.07) is -3.78. The smallest absolute Gasteiger partial charge is 0.270 e. The van der Waals surface area contributed by atoms with Gasteiger partial charge in [-0.15, -0.1) is 0 Å². The lowest BCUT2D eigenvalue weighted by Crippen LogP contribution is -2.59. The summed E-state index contributed by atoms with van der Waals surface area (Å²) < 4.78 is 0. The van der Waals surface area contributed by atoms with Crippen molar-refractivity contribution in [3.8, 4) is 0 Å². The molecule has 15 N–H and O–H groups in total. The Balaban J connectivity index is 3.13. The Hall–Kier alpha value is -3.91. The topological polar surface area (TPSA) is 322 Å². The number of aliphatic hydroxyl groups is 2. The number of nitrogens with one attached hydrogen (secondary N) is 7. The van der Waals surface area contributed by atoms with Gasteiger partial charge < -0.3 is 64.6 Å². The quantitative estimate of drug-likeness (QED) is 0.138. The number of hydrogen-bond donors (Lipinski definition) is 12. The second-order valence-corrected chi connectivity index (χ2v) is 8.97. The third-order valence-electron chi connectivity index (χ3n) is 5.66. The molecule has 7 amide bonds. The van der Waals surface area contributed by atoms with Crippen molar-refractivity contribution in [3.63, 3.8) is 0 Å². The van der Waals surface area contributed by atoms with E-state index in [1.807, 2.05) is 10.6 Å². The molecule has 0 aromatic heterocycles. The van der Waals surface area contributed by atoms with Crippen LogP contribution in [0, 0.1) is 0 Å². The third-order valence-corrected chi connectivity index (χ3v) is 5.66. The van der Waals surface area contributed by atoms with Gasteiger partial charge >= 0.3 is 0 Å². The standard InChI is InChI=1S/C22H40N10O9/c23-6-3-11-16(35)27-10-15(34)31-22(41)21(40)30-12(4-7-24)17(36)29-13(5-8-25)18(37)32-20(39)19(38)26-9-1-2-14(33)28-11/h11-13,20,22,39,41H,1-10,23-25H2,(H,26,38)(H,27,35)(H,28,33)(H,29,36)(H,30,40)(H,31,34)(H,32,37)/t11?,12-,13?,20?,22?/m0/s1. The van der Waals surface area contributed by atoms with Gasteiger partial charge in [-0.05, 0) is 45.3 Å². The summed E-state index contributed by atoms with van der Waals surface area (Å²) in [6.07, 6.45) is -4.39. The van der Waals surface area contributed by atoms with Crippen LogP contribution in [0.3, 0.4) is 0 Å². The molecule has 1 fully saturated rings. The Kier molecular flexibility index (Phi) is 15.8. The van der Waals surface area contributed by atoms with E-state index in [9.17, 15) is 43.8 Å². The average molecular weight is 589 g/mol. The molecule has 19 heteroatoms. The molecule has 0 aromatic carbocycles. The molecule has 41 heavy (non-hydrogen) atoms. The van der Waals surface area contributed by atoms with E-state index in [1.165, 1.54) is 0 Å². The Morgan fingerprint density at radius 2 is 1.05 bits per heavy atom. The van der Waals surface area contributed by atoms with Crippen molar-refractivity contribution < 1.29 is 43.8 Å². The first-order chi connectivity index (χ1) is 19.4. The SMILES string of the molecule is NCCC1NC(=O)CCCNC(=O)C(O)NC(=O)C(CCN)NC(=O)[C@H](CCN)NC(=O)C(O)NC(=O)CNC1=O. The number of nitrogens with two attached hydrogens (primary N) is 3. The number of carbonyl (C=O) groups excluding carboxylic acids is 7. The summed E-state index contributed by atoms with van der Waals surface area (Å²) in [5.74, 6) is -6.34. The Bertz CT molecular complexity index is 951. The van der Waals surface area contributed by atoms with Crippen molar-refractivity contribution in [2.24, 2.45) is 17.2 Å². The zero-order chi connectivity index (χ0) is 30.9. The van der Waals surface area contributed by atoms with Gasteiger partial charge in [0.15, 0.2) is 0 Å². The molecule has 1 aliphatic heterocycles. The molecule has 0 aliphatic carbocycles. The van der Waals surface area contributed by atoms with Gasteiger partial charge in [-0.3, -0.25) is 33.6 Å². The first-order valence-electron chi connectivity index (χ1n) is 12.9. The Morgan fingerprint density at radius 3 is 1.61 bits per heavy atom. The van der Waals surface area contributed by atoms with E-state index < -0.39 is 78.5 Å². The van der Waals surface area contributed by atoms with Gasteiger partial charge in [-0.2, -0.15) is 0 Å². The van der Waals surface area contributed by atoms with Gasteiger partial charge in [0.2, 0.25) is 42.0 Å². The summed E-state index contributed by atoms with van der Waals surface area (Å²) in [5.41, 5.74) is 16.5. The predicted octanol–water partition coefficient (Wildman–Crippen LogP) is -7.62. The minimum Gasteiger partial charge on any atom is -0.365 e. The van der Waals surface area contributed by atoms with Crippen molar-refractivity contribution in [1.82, 2.24) is 37.2 Å². The van der Waals surface area contributed by atoms with Crippen LogP contribution in [0.15, 0.2) is 0 Å². The second kappa shape index (κ2) is 18.4. The van der Waals surface area contributed by atoms with Crippen molar-refractivity contribution in [1.29, 1.82) is 0 Å². The summed E-state index contributed by atoms with van der Waals surface area (Å²) in [5, 5.41) is 35.7. The van der Waals surface area contributed by atoms with Crippen LogP contribution in [0.1, 0.15) is 32.1 Å². The minimum atomic E-state index is -2.13. The molecule has 0 aromatic rings. The molecule has 232 valence electrons. The molecule has 0 saturated carbocycles.